The molecule has 2 heteroatoms. The number of ether oxygens (including phenoxy) is 1. The van der Waals surface area contributed by atoms with E-state index in [1.165, 1.54) is 32.8 Å². The second kappa shape index (κ2) is 13.1. The van der Waals surface area contributed by atoms with Gasteiger partial charge in [-0.25, -0.2) is 0 Å². The minimum atomic E-state index is -0.0966. The molecule has 17 heavy (non-hydrogen) atoms. The zero-order valence-electron chi connectivity index (χ0n) is 11.4. The van der Waals surface area contributed by atoms with Gasteiger partial charge in [-0.05, 0) is 19.3 Å². The number of rotatable bonds is 9. The Labute approximate surface area is 106 Å². The molecule has 0 radical (unpaired) electrons. The van der Waals surface area contributed by atoms with E-state index in [4.69, 9.17) is 0 Å². The van der Waals surface area contributed by atoms with Crippen LogP contribution in [0.3, 0.4) is 0 Å². The van der Waals surface area contributed by atoms with Gasteiger partial charge in [0.05, 0.1) is 7.11 Å². The van der Waals surface area contributed by atoms with E-state index in [-0.39, 0.29) is 5.97 Å². The molecule has 0 amide bonds. The first kappa shape index (κ1) is 16.0. The van der Waals surface area contributed by atoms with Crippen molar-refractivity contribution in [2.45, 2.75) is 71.1 Å². The Morgan fingerprint density at radius 2 is 1.53 bits per heavy atom. The Balaban J connectivity index is 3.15. The normalized spacial score (nSPS) is 9.53. The van der Waals surface area contributed by atoms with Gasteiger partial charge in [0.25, 0.3) is 0 Å². The first-order valence-electron chi connectivity index (χ1n) is 6.83. The fourth-order valence-corrected chi connectivity index (χ4v) is 1.58. The van der Waals surface area contributed by atoms with E-state index in [0.717, 1.165) is 32.1 Å². The van der Waals surface area contributed by atoms with Gasteiger partial charge in [-0.15, -0.1) is 11.8 Å². The van der Waals surface area contributed by atoms with Gasteiger partial charge in [0.15, 0.2) is 0 Å². The van der Waals surface area contributed by atoms with Crippen molar-refractivity contribution in [3.8, 4) is 11.8 Å². The third-order valence-corrected chi connectivity index (χ3v) is 2.69. The lowest BCUT2D eigenvalue weighted by Gasteiger charge is -1.98. The molecular formula is C15H26O2. The summed E-state index contributed by atoms with van der Waals surface area (Å²) in [5, 5.41) is 0. The summed E-state index contributed by atoms with van der Waals surface area (Å²) in [6, 6.07) is 0. The predicted octanol–water partition coefficient (Wildman–Crippen LogP) is 4.08. The second-order valence-electron chi connectivity index (χ2n) is 4.30. The molecule has 0 aromatic carbocycles. The molecule has 0 aliphatic heterocycles. The Bertz CT molecular complexity index is 235. The van der Waals surface area contributed by atoms with Gasteiger partial charge in [-0.1, -0.05) is 32.6 Å². The molecule has 0 saturated carbocycles. The van der Waals surface area contributed by atoms with Crippen molar-refractivity contribution in [3.63, 3.8) is 0 Å². The minimum Gasteiger partial charge on any atom is -0.469 e. The van der Waals surface area contributed by atoms with Gasteiger partial charge in [0.1, 0.15) is 0 Å². The van der Waals surface area contributed by atoms with Gasteiger partial charge < -0.3 is 4.74 Å². The number of esters is 1. The van der Waals surface area contributed by atoms with Crippen molar-refractivity contribution in [1.29, 1.82) is 0 Å². The van der Waals surface area contributed by atoms with E-state index in [9.17, 15) is 4.79 Å². The van der Waals surface area contributed by atoms with E-state index < -0.39 is 0 Å². The molecule has 0 aromatic rings. The molecule has 0 fully saturated rings. The van der Waals surface area contributed by atoms with Crippen molar-refractivity contribution in [2.24, 2.45) is 0 Å². The lowest BCUT2D eigenvalue weighted by atomic mass is 10.1. The topological polar surface area (TPSA) is 26.3 Å². The monoisotopic (exact) mass is 238 g/mol. The van der Waals surface area contributed by atoms with Gasteiger partial charge >= 0.3 is 5.97 Å². The third-order valence-electron chi connectivity index (χ3n) is 2.69. The van der Waals surface area contributed by atoms with Gasteiger partial charge in [0.2, 0.25) is 0 Å². The quantitative estimate of drug-likeness (QED) is 0.343. The van der Waals surface area contributed by atoms with Crippen LogP contribution < -0.4 is 0 Å². The first-order valence-corrected chi connectivity index (χ1v) is 6.83. The molecule has 0 heterocycles. The standard InChI is InChI=1S/C15H26O2/c1-3-4-5-6-7-8-9-10-11-12-13-14-15(16)17-2/h3-6,9-14H2,1-2H3. The maximum atomic E-state index is 10.8. The van der Waals surface area contributed by atoms with Crippen molar-refractivity contribution < 1.29 is 9.53 Å². The summed E-state index contributed by atoms with van der Waals surface area (Å²) < 4.78 is 4.58. The highest BCUT2D eigenvalue weighted by atomic mass is 16.5. The van der Waals surface area contributed by atoms with Crippen LogP contribution in [0, 0.1) is 11.8 Å². The summed E-state index contributed by atoms with van der Waals surface area (Å²) in [4.78, 5) is 10.8. The van der Waals surface area contributed by atoms with Crippen LogP contribution in [0.2, 0.25) is 0 Å². The Morgan fingerprint density at radius 1 is 0.941 bits per heavy atom. The highest BCUT2D eigenvalue weighted by Crippen LogP contribution is 2.05. The van der Waals surface area contributed by atoms with Crippen LogP contribution in [0.5, 0.6) is 0 Å². The first-order chi connectivity index (χ1) is 8.31. The van der Waals surface area contributed by atoms with Crippen LogP contribution in [0.15, 0.2) is 0 Å². The number of hydrogen-bond donors (Lipinski definition) is 0. The SMILES string of the molecule is CCCCCC#CCCCCCCC(=O)OC. The minimum absolute atomic E-state index is 0.0966. The van der Waals surface area contributed by atoms with Crippen molar-refractivity contribution >= 4 is 5.97 Å². The number of methoxy groups -OCH3 is 1. The van der Waals surface area contributed by atoms with Crippen LogP contribution in [0.1, 0.15) is 71.1 Å². The molecular weight excluding hydrogens is 212 g/mol. The summed E-state index contributed by atoms with van der Waals surface area (Å²) in [6.07, 6.45) is 10.8. The maximum Gasteiger partial charge on any atom is 0.305 e. The fourth-order valence-electron chi connectivity index (χ4n) is 1.58. The van der Waals surface area contributed by atoms with Crippen LogP contribution in [0.25, 0.3) is 0 Å². The highest BCUT2D eigenvalue weighted by Gasteiger charge is 1.98. The number of carbonyl (C=O) groups is 1. The number of carbonyl (C=O) groups excluding carboxylic acids is 1. The zero-order chi connectivity index (χ0) is 12.8. The zero-order valence-corrected chi connectivity index (χ0v) is 11.4. The largest absolute Gasteiger partial charge is 0.469 e. The van der Waals surface area contributed by atoms with Gasteiger partial charge in [0, 0.05) is 19.3 Å². The van der Waals surface area contributed by atoms with Crippen LogP contribution in [0.4, 0.5) is 0 Å². The highest BCUT2D eigenvalue weighted by molar-refractivity contribution is 5.68. The van der Waals surface area contributed by atoms with E-state index in [2.05, 4.69) is 23.5 Å². The van der Waals surface area contributed by atoms with E-state index >= 15 is 0 Å². The van der Waals surface area contributed by atoms with E-state index in [1.807, 2.05) is 0 Å². The van der Waals surface area contributed by atoms with E-state index in [0.29, 0.717) is 6.42 Å². The fraction of sp³-hybridized carbons (Fsp3) is 0.800. The lowest BCUT2D eigenvalue weighted by molar-refractivity contribution is -0.140. The molecule has 0 saturated heterocycles. The summed E-state index contributed by atoms with van der Waals surface area (Å²) in [5.41, 5.74) is 0. The molecule has 0 aromatic heterocycles. The maximum absolute atomic E-state index is 10.8. The molecule has 98 valence electrons. The van der Waals surface area contributed by atoms with Crippen LogP contribution in [-0.2, 0) is 9.53 Å². The van der Waals surface area contributed by atoms with Crippen LogP contribution in [-0.4, -0.2) is 13.1 Å². The molecule has 0 N–H and O–H groups in total. The van der Waals surface area contributed by atoms with Gasteiger partial charge in [-0.3, -0.25) is 4.79 Å². The van der Waals surface area contributed by atoms with Crippen molar-refractivity contribution in [1.82, 2.24) is 0 Å². The predicted molar refractivity (Wildman–Crippen MR) is 71.6 cm³/mol. The Kier molecular flexibility index (Phi) is 12.3. The second-order valence-corrected chi connectivity index (χ2v) is 4.30. The number of hydrogen-bond acceptors (Lipinski definition) is 2. The average molecular weight is 238 g/mol. The molecule has 0 aliphatic rings. The Morgan fingerprint density at radius 3 is 2.12 bits per heavy atom. The van der Waals surface area contributed by atoms with Crippen molar-refractivity contribution in [2.75, 3.05) is 7.11 Å². The van der Waals surface area contributed by atoms with Gasteiger partial charge in [-0.2, -0.15) is 0 Å². The van der Waals surface area contributed by atoms with Crippen molar-refractivity contribution in [3.05, 3.63) is 0 Å². The Hall–Kier alpha value is -0.970. The molecule has 0 spiro atoms. The molecule has 0 unspecified atom stereocenters. The average Bonchev–Trinajstić information content (AvgIpc) is 2.35. The van der Waals surface area contributed by atoms with Crippen LogP contribution >= 0.6 is 0 Å². The summed E-state index contributed by atoms with van der Waals surface area (Å²) in [6.45, 7) is 2.21. The molecule has 0 aliphatic carbocycles. The summed E-state index contributed by atoms with van der Waals surface area (Å²) >= 11 is 0. The number of unbranched alkanes of at least 4 members (excludes halogenated alkanes) is 7. The lowest BCUT2D eigenvalue weighted by Crippen LogP contribution is -1.98. The summed E-state index contributed by atoms with van der Waals surface area (Å²) in [5.74, 6) is 6.33. The molecule has 0 atom stereocenters. The third kappa shape index (κ3) is 13.0. The molecule has 0 rings (SSSR count). The summed E-state index contributed by atoms with van der Waals surface area (Å²) in [7, 11) is 1.44. The molecule has 2 nitrogen and oxygen atoms in total. The smallest absolute Gasteiger partial charge is 0.305 e. The molecule has 0 bridgehead atoms. The van der Waals surface area contributed by atoms with E-state index in [1.54, 1.807) is 0 Å².